The maximum atomic E-state index is 11.4. The summed E-state index contributed by atoms with van der Waals surface area (Å²) in [6, 6.07) is 4.58. The van der Waals surface area contributed by atoms with Crippen molar-refractivity contribution in [3.05, 3.63) is 33.7 Å². The molecule has 4 nitrogen and oxygen atoms in total. The van der Waals surface area contributed by atoms with E-state index in [9.17, 15) is 4.79 Å². The van der Waals surface area contributed by atoms with Crippen molar-refractivity contribution in [2.24, 2.45) is 5.92 Å². The molecule has 118 valence electrons. The average Bonchev–Trinajstić information content (AvgIpc) is 2.42. The van der Waals surface area contributed by atoms with Gasteiger partial charge >= 0.3 is 0 Å². The summed E-state index contributed by atoms with van der Waals surface area (Å²) in [5.41, 5.74) is 2.42. The average molecular weight is 291 g/mol. The van der Waals surface area contributed by atoms with Crippen molar-refractivity contribution >= 4 is 0 Å². The first kappa shape index (κ1) is 16.2. The van der Waals surface area contributed by atoms with Crippen LogP contribution in [0.1, 0.15) is 50.4 Å². The number of nitrogens with one attached hydrogen (secondary N) is 2. The molecule has 0 aliphatic heterocycles. The molecule has 0 spiro atoms. The first-order chi connectivity index (χ1) is 9.97. The van der Waals surface area contributed by atoms with Crippen LogP contribution in [-0.2, 0) is 6.42 Å². The molecule has 0 aromatic carbocycles. The number of hydrogen-bond acceptors (Lipinski definition) is 3. The van der Waals surface area contributed by atoms with Gasteiger partial charge in [0.05, 0.1) is 0 Å². The van der Waals surface area contributed by atoms with Crippen molar-refractivity contribution in [1.29, 1.82) is 0 Å². The van der Waals surface area contributed by atoms with Gasteiger partial charge in [0.15, 0.2) is 0 Å². The van der Waals surface area contributed by atoms with Crippen molar-refractivity contribution < 1.29 is 0 Å². The molecule has 0 saturated heterocycles. The SMILES string of the molecule is CC(C)CC(CNC1CCCc2[nH]c(=O)ccc21)N(C)C. The lowest BCUT2D eigenvalue weighted by atomic mass is 9.91. The topological polar surface area (TPSA) is 48.1 Å². The number of hydrogen-bond donors (Lipinski definition) is 2. The van der Waals surface area contributed by atoms with E-state index in [4.69, 9.17) is 0 Å². The predicted octanol–water partition coefficient (Wildman–Crippen LogP) is 2.32. The molecule has 2 atom stereocenters. The molecular formula is C17H29N3O. The molecular weight excluding hydrogens is 262 g/mol. The molecule has 0 amide bonds. The van der Waals surface area contributed by atoms with Crippen LogP contribution in [0.4, 0.5) is 0 Å². The highest BCUT2D eigenvalue weighted by Crippen LogP contribution is 2.27. The van der Waals surface area contributed by atoms with Gasteiger partial charge in [-0.3, -0.25) is 4.79 Å². The minimum Gasteiger partial charge on any atom is -0.326 e. The molecule has 1 aliphatic carbocycles. The van der Waals surface area contributed by atoms with Crippen LogP contribution < -0.4 is 10.9 Å². The molecule has 1 aromatic rings. The van der Waals surface area contributed by atoms with Crippen LogP contribution in [0.2, 0.25) is 0 Å². The van der Waals surface area contributed by atoms with Gasteiger partial charge in [-0.05, 0) is 51.3 Å². The third kappa shape index (κ3) is 4.42. The molecule has 1 aliphatic rings. The normalized spacial score (nSPS) is 19.8. The molecule has 0 radical (unpaired) electrons. The quantitative estimate of drug-likeness (QED) is 0.845. The third-order valence-corrected chi connectivity index (χ3v) is 4.41. The Kier molecular flexibility index (Phi) is 5.59. The number of likely N-dealkylation sites (N-methyl/N-ethyl adjacent to an activating group) is 1. The van der Waals surface area contributed by atoms with E-state index in [0.717, 1.165) is 31.5 Å². The molecule has 0 saturated carbocycles. The lowest BCUT2D eigenvalue weighted by molar-refractivity contribution is 0.237. The first-order valence-corrected chi connectivity index (χ1v) is 8.09. The van der Waals surface area contributed by atoms with Gasteiger partial charge in [-0.2, -0.15) is 0 Å². The summed E-state index contributed by atoms with van der Waals surface area (Å²) in [7, 11) is 4.31. The molecule has 21 heavy (non-hydrogen) atoms. The number of rotatable bonds is 6. The Morgan fingerprint density at radius 3 is 2.81 bits per heavy atom. The Hall–Kier alpha value is -1.13. The summed E-state index contributed by atoms with van der Waals surface area (Å²) in [6.07, 6.45) is 4.49. The van der Waals surface area contributed by atoms with Crippen LogP contribution in [0.25, 0.3) is 0 Å². The van der Waals surface area contributed by atoms with E-state index in [0.29, 0.717) is 18.0 Å². The smallest absolute Gasteiger partial charge is 0.248 e. The van der Waals surface area contributed by atoms with E-state index >= 15 is 0 Å². The molecule has 2 N–H and O–H groups in total. The Labute approximate surface area is 127 Å². The van der Waals surface area contributed by atoms with E-state index < -0.39 is 0 Å². The van der Waals surface area contributed by atoms with Gasteiger partial charge in [-0.15, -0.1) is 0 Å². The van der Waals surface area contributed by atoms with Crippen molar-refractivity contribution in [1.82, 2.24) is 15.2 Å². The number of fused-ring (bicyclic) bond motifs is 1. The second-order valence-electron chi connectivity index (χ2n) is 6.86. The van der Waals surface area contributed by atoms with Gasteiger partial charge < -0.3 is 15.2 Å². The third-order valence-electron chi connectivity index (χ3n) is 4.41. The monoisotopic (exact) mass is 291 g/mol. The highest BCUT2D eigenvalue weighted by Gasteiger charge is 2.22. The highest BCUT2D eigenvalue weighted by molar-refractivity contribution is 5.26. The zero-order valence-corrected chi connectivity index (χ0v) is 13.8. The van der Waals surface area contributed by atoms with Gasteiger partial charge in [0, 0.05) is 30.4 Å². The van der Waals surface area contributed by atoms with Crippen LogP contribution in [0.3, 0.4) is 0 Å². The molecule has 1 aromatic heterocycles. The lowest BCUT2D eigenvalue weighted by Gasteiger charge is -2.31. The van der Waals surface area contributed by atoms with Crippen LogP contribution in [0, 0.1) is 5.92 Å². The van der Waals surface area contributed by atoms with E-state index in [2.05, 4.69) is 43.1 Å². The fourth-order valence-corrected chi connectivity index (χ4v) is 3.21. The van der Waals surface area contributed by atoms with Crippen molar-refractivity contribution in [3.63, 3.8) is 0 Å². The number of pyridine rings is 1. The summed E-state index contributed by atoms with van der Waals surface area (Å²) in [6.45, 7) is 5.54. The van der Waals surface area contributed by atoms with Gasteiger partial charge in [0.25, 0.3) is 0 Å². The van der Waals surface area contributed by atoms with E-state index in [1.165, 1.54) is 12.0 Å². The molecule has 0 bridgehead atoms. The first-order valence-electron chi connectivity index (χ1n) is 8.09. The fourth-order valence-electron chi connectivity index (χ4n) is 3.21. The zero-order chi connectivity index (χ0) is 15.4. The number of H-pyrrole nitrogens is 1. The fraction of sp³-hybridized carbons (Fsp3) is 0.706. The van der Waals surface area contributed by atoms with Gasteiger partial charge in [0.2, 0.25) is 5.56 Å². The number of aromatic nitrogens is 1. The van der Waals surface area contributed by atoms with Gasteiger partial charge in [-0.25, -0.2) is 0 Å². The zero-order valence-electron chi connectivity index (χ0n) is 13.8. The molecule has 1 heterocycles. The van der Waals surface area contributed by atoms with E-state index in [1.54, 1.807) is 6.07 Å². The summed E-state index contributed by atoms with van der Waals surface area (Å²) in [5.74, 6) is 0.703. The Balaban J connectivity index is 2.02. The summed E-state index contributed by atoms with van der Waals surface area (Å²) >= 11 is 0. The van der Waals surface area contributed by atoms with Crippen LogP contribution in [0.5, 0.6) is 0 Å². The maximum Gasteiger partial charge on any atom is 0.248 e. The second kappa shape index (κ2) is 7.23. The van der Waals surface area contributed by atoms with Crippen molar-refractivity contribution in [3.8, 4) is 0 Å². The Morgan fingerprint density at radius 2 is 2.14 bits per heavy atom. The van der Waals surface area contributed by atoms with Crippen molar-refractivity contribution in [2.75, 3.05) is 20.6 Å². The molecule has 4 heteroatoms. The van der Waals surface area contributed by atoms with E-state index in [1.807, 2.05) is 6.07 Å². The van der Waals surface area contributed by atoms with Crippen LogP contribution >= 0.6 is 0 Å². The Morgan fingerprint density at radius 1 is 1.38 bits per heavy atom. The van der Waals surface area contributed by atoms with Crippen LogP contribution in [0.15, 0.2) is 16.9 Å². The number of aryl methyl sites for hydroxylation is 1. The second-order valence-corrected chi connectivity index (χ2v) is 6.86. The van der Waals surface area contributed by atoms with E-state index in [-0.39, 0.29) is 5.56 Å². The van der Waals surface area contributed by atoms with Crippen molar-refractivity contribution in [2.45, 2.75) is 51.6 Å². The maximum absolute atomic E-state index is 11.4. The minimum absolute atomic E-state index is 0.0142. The summed E-state index contributed by atoms with van der Waals surface area (Å²) < 4.78 is 0. The summed E-state index contributed by atoms with van der Waals surface area (Å²) in [4.78, 5) is 16.7. The number of aromatic amines is 1. The minimum atomic E-state index is 0.0142. The van der Waals surface area contributed by atoms with Gasteiger partial charge in [0.1, 0.15) is 0 Å². The molecule has 0 fully saturated rings. The summed E-state index contributed by atoms with van der Waals surface area (Å²) in [5, 5.41) is 3.72. The standard InChI is InChI=1S/C17H29N3O/c1-12(2)10-13(20(3)4)11-18-15-6-5-7-16-14(15)8-9-17(21)19-16/h8-9,12-13,15,18H,5-7,10-11H2,1-4H3,(H,19,21). The molecule has 2 unspecified atom stereocenters. The predicted molar refractivity (Wildman–Crippen MR) is 87.7 cm³/mol. The number of nitrogens with zero attached hydrogens (tertiary/aromatic N) is 1. The molecule has 2 rings (SSSR count). The largest absolute Gasteiger partial charge is 0.326 e. The van der Waals surface area contributed by atoms with Gasteiger partial charge in [-0.1, -0.05) is 19.9 Å². The highest BCUT2D eigenvalue weighted by atomic mass is 16.1. The van der Waals surface area contributed by atoms with Crippen LogP contribution in [-0.4, -0.2) is 36.6 Å². The lowest BCUT2D eigenvalue weighted by Crippen LogP contribution is -2.41. The Bertz CT molecular complexity index is 507.